The second-order valence-corrected chi connectivity index (χ2v) is 3.21. The normalized spacial score (nSPS) is 16.8. The van der Waals surface area contributed by atoms with Crippen molar-refractivity contribution in [2.24, 2.45) is 0 Å². The molecular weight excluding hydrogens is 150 g/mol. The highest BCUT2D eigenvalue weighted by Gasteiger charge is 2.11. The number of nitrogens with zero attached hydrogens (tertiary/aromatic N) is 1. The van der Waals surface area contributed by atoms with Gasteiger partial charge in [0.1, 0.15) is 5.75 Å². The summed E-state index contributed by atoms with van der Waals surface area (Å²) in [6.45, 7) is 2.32. The van der Waals surface area contributed by atoms with Gasteiger partial charge in [-0.3, -0.25) is 0 Å². The van der Waals surface area contributed by atoms with Crippen LogP contribution in [0.3, 0.4) is 0 Å². The fourth-order valence-corrected chi connectivity index (χ4v) is 1.64. The van der Waals surface area contributed by atoms with Crippen molar-refractivity contribution in [3.05, 3.63) is 24.3 Å². The molecule has 1 heterocycles. The SMILES string of the molecule is Oc1ccc(N2CCCC2)cc1. The van der Waals surface area contributed by atoms with Crippen LogP contribution in [-0.2, 0) is 0 Å². The van der Waals surface area contributed by atoms with Crippen LogP contribution in [0.2, 0.25) is 0 Å². The van der Waals surface area contributed by atoms with E-state index >= 15 is 0 Å². The zero-order valence-corrected chi connectivity index (χ0v) is 7.03. The molecule has 1 N–H and O–H groups in total. The van der Waals surface area contributed by atoms with Crippen LogP contribution in [0.1, 0.15) is 12.8 Å². The number of aromatic hydroxyl groups is 1. The Morgan fingerprint density at radius 3 is 2.17 bits per heavy atom. The van der Waals surface area contributed by atoms with E-state index in [1.165, 1.54) is 18.5 Å². The molecular formula is C10H13NO. The maximum absolute atomic E-state index is 9.08. The summed E-state index contributed by atoms with van der Waals surface area (Å²) in [5, 5.41) is 9.08. The van der Waals surface area contributed by atoms with Crippen molar-refractivity contribution in [2.75, 3.05) is 18.0 Å². The molecule has 1 aromatic carbocycles. The lowest BCUT2D eigenvalue weighted by Gasteiger charge is -2.16. The number of benzene rings is 1. The molecule has 2 rings (SSSR count). The number of rotatable bonds is 1. The van der Waals surface area contributed by atoms with Crippen LogP contribution in [0.4, 0.5) is 5.69 Å². The van der Waals surface area contributed by atoms with Crippen LogP contribution in [0.15, 0.2) is 24.3 Å². The minimum absolute atomic E-state index is 0.345. The third-order valence-electron chi connectivity index (χ3n) is 2.32. The molecule has 64 valence electrons. The van der Waals surface area contributed by atoms with Crippen molar-refractivity contribution in [1.82, 2.24) is 0 Å². The summed E-state index contributed by atoms with van der Waals surface area (Å²) in [5.74, 6) is 0.345. The summed E-state index contributed by atoms with van der Waals surface area (Å²) in [7, 11) is 0. The van der Waals surface area contributed by atoms with Crippen molar-refractivity contribution in [2.45, 2.75) is 12.8 Å². The highest BCUT2D eigenvalue weighted by Crippen LogP contribution is 2.21. The Balaban J connectivity index is 2.17. The van der Waals surface area contributed by atoms with Crippen molar-refractivity contribution >= 4 is 5.69 Å². The summed E-state index contributed by atoms with van der Waals surface area (Å²) in [6.07, 6.45) is 2.59. The van der Waals surface area contributed by atoms with Crippen LogP contribution in [0, 0.1) is 0 Å². The number of hydrogen-bond donors (Lipinski definition) is 1. The van der Waals surface area contributed by atoms with E-state index in [1.807, 2.05) is 12.1 Å². The summed E-state index contributed by atoms with van der Waals surface area (Å²) in [5.41, 5.74) is 1.23. The molecule has 0 radical (unpaired) electrons. The molecule has 0 amide bonds. The van der Waals surface area contributed by atoms with Crippen molar-refractivity contribution in [1.29, 1.82) is 0 Å². The molecule has 0 unspecified atom stereocenters. The lowest BCUT2D eigenvalue weighted by molar-refractivity contribution is 0.475. The van der Waals surface area contributed by atoms with Gasteiger partial charge in [0.2, 0.25) is 0 Å². The fourth-order valence-electron chi connectivity index (χ4n) is 1.64. The average Bonchev–Trinajstić information content (AvgIpc) is 2.58. The molecule has 0 bridgehead atoms. The third kappa shape index (κ3) is 1.37. The molecule has 0 saturated carbocycles. The van der Waals surface area contributed by atoms with Gasteiger partial charge in [-0.1, -0.05) is 0 Å². The Labute approximate surface area is 72.4 Å². The standard InChI is InChI=1S/C10H13NO/c12-10-5-3-9(4-6-10)11-7-1-2-8-11/h3-6,12H,1-2,7-8H2. The van der Waals surface area contributed by atoms with E-state index in [1.54, 1.807) is 12.1 Å². The molecule has 0 aliphatic carbocycles. The molecule has 1 aromatic rings. The molecule has 0 atom stereocenters. The van der Waals surface area contributed by atoms with Crippen LogP contribution < -0.4 is 4.90 Å². The van der Waals surface area contributed by atoms with Gasteiger partial charge >= 0.3 is 0 Å². The van der Waals surface area contributed by atoms with E-state index in [-0.39, 0.29) is 0 Å². The molecule has 2 nitrogen and oxygen atoms in total. The topological polar surface area (TPSA) is 23.5 Å². The van der Waals surface area contributed by atoms with Gasteiger partial charge in [-0.25, -0.2) is 0 Å². The summed E-state index contributed by atoms with van der Waals surface area (Å²) in [4.78, 5) is 2.35. The Bertz CT molecular complexity index is 249. The first-order valence-electron chi connectivity index (χ1n) is 4.40. The maximum atomic E-state index is 9.08. The number of phenolic OH excluding ortho intramolecular Hbond substituents is 1. The molecule has 1 aliphatic heterocycles. The van der Waals surface area contributed by atoms with Crippen molar-refractivity contribution in [3.8, 4) is 5.75 Å². The lowest BCUT2D eigenvalue weighted by atomic mass is 10.3. The van der Waals surface area contributed by atoms with E-state index in [2.05, 4.69) is 4.90 Å². The molecule has 1 saturated heterocycles. The van der Waals surface area contributed by atoms with Crippen LogP contribution in [-0.4, -0.2) is 18.2 Å². The molecule has 2 heteroatoms. The van der Waals surface area contributed by atoms with Gasteiger partial charge < -0.3 is 10.0 Å². The zero-order chi connectivity index (χ0) is 8.39. The maximum Gasteiger partial charge on any atom is 0.115 e. The van der Waals surface area contributed by atoms with E-state index in [0.717, 1.165) is 13.1 Å². The first kappa shape index (κ1) is 7.47. The Hall–Kier alpha value is -1.18. The number of hydrogen-bond acceptors (Lipinski definition) is 2. The monoisotopic (exact) mass is 163 g/mol. The van der Waals surface area contributed by atoms with E-state index in [4.69, 9.17) is 5.11 Å². The molecule has 0 aromatic heterocycles. The second kappa shape index (κ2) is 3.05. The lowest BCUT2D eigenvalue weighted by Crippen LogP contribution is -2.17. The first-order valence-corrected chi connectivity index (χ1v) is 4.40. The molecule has 1 fully saturated rings. The minimum Gasteiger partial charge on any atom is -0.508 e. The molecule has 12 heavy (non-hydrogen) atoms. The number of phenols is 1. The minimum atomic E-state index is 0.345. The summed E-state index contributed by atoms with van der Waals surface area (Å²) >= 11 is 0. The predicted octanol–water partition coefficient (Wildman–Crippen LogP) is 1.99. The molecule has 1 aliphatic rings. The fraction of sp³-hybridized carbons (Fsp3) is 0.400. The summed E-state index contributed by atoms with van der Waals surface area (Å²) in [6, 6.07) is 7.43. The van der Waals surface area contributed by atoms with Crippen molar-refractivity contribution < 1.29 is 5.11 Å². The zero-order valence-electron chi connectivity index (χ0n) is 7.03. The van der Waals surface area contributed by atoms with E-state index in [0.29, 0.717) is 5.75 Å². The first-order chi connectivity index (χ1) is 5.86. The van der Waals surface area contributed by atoms with Gasteiger partial charge in [0.05, 0.1) is 0 Å². The quantitative estimate of drug-likeness (QED) is 0.684. The van der Waals surface area contributed by atoms with Gasteiger partial charge in [-0.15, -0.1) is 0 Å². The average molecular weight is 163 g/mol. The highest BCUT2D eigenvalue weighted by atomic mass is 16.3. The van der Waals surface area contributed by atoms with Crippen LogP contribution in [0.25, 0.3) is 0 Å². The van der Waals surface area contributed by atoms with Crippen molar-refractivity contribution in [3.63, 3.8) is 0 Å². The van der Waals surface area contributed by atoms with Gasteiger partial charge in [0.15, 0.2) is 0 Å². The third-order valence-corrected chi connectivity index (χ3v) is 2.32. The largest absolute Gasteiger partial charge is 0.508 e. The van der Waals surface area contributed by atoms with Gasteiger partial charge in [-0.05, 0) is 37.1 Å². The number of anilines is 1. The van der Waals surface area contributed by atoms with Gasteiger partial charge in [0, 0.05) is 18.8 Å². The predicted molar refractivity (Wildman–Crippen MR) is 49.6 cm³/mol. The van der Waals surface area contributed by atoms with Crippen LogP contribution >= 0.6 is 0 Å². The van der Waals surface area contributed by atoms with Gasteiger partial charge in [-0.2, -0.15) is 0 Å². The smallest absolute Gasteiger partial charge is 0.115 e. The van der Waals surface area contributed by atoms with E-state index in [9.17, 15) is 0 Å². The Morgan fingerprint density at radius 2 is 1.58 bits per heavy atom. The second-order valence-electron chi connectivity index (χ2n) is 3.21. The molecule has 0 spiro atoms. The Kier molecular flexibility index (Phi) is 1.90. The van der Waals surface area contributed by atoms with Gasteiger partial charge in [0.25, 0.3) is 0 Å². The Morgan fingerprint density at radius 1 is 1.00 bits per heavy atom. The summed E-state index contributed by atoms with van der Waals surface area (Å²) < 4.78 is 0. The van der Waals surface area contributed by atoms with E-state index < -0.39 is 0 Å². The highest BCUT2D eigenvalue weighted by molar-refractivity contribution is 5.49. The van der Waals surface area contributed by atoms with Crippen LogP contribution in [0.5, 0.6) is 5.75 Å².